The van der Waals surface area contributed by atoms with Crippen LogP contribution in [0.3, 0.4) is 0 Å². The number of nitrogens with two attached hydrogens (primary N) is 1. The lowest BCUT2D eigenvalue weighted by Crippen LogP contribution is -2.27. The fraction of sp³-hybridized carbons (Fsp3) is 0.318. The number of imide groups is 1. The number of hydrogen-bond donors (Lipinski definition) is 3. The van der Waals surface area contributed by atoms with Crippen molar-refractivity contribution in [3.8, 4) is 0 Å². The number of aliphatic imine (C=N–C) groups is 1. The maximum absolute atomic E-state index is 15.0. The van der Waals surface area contributed by atoms with E-state index in [-0.39, 0.29) is 18.3 Å². The Bertz CT molecular complexity index is 1000. The minimum atomic E-state index is -0.829. The number of anilines is 1. The molecule has 8 nitrogen and oxygen atoms in total. The van der Waals surface area contributed by atoms with Gasteiger partial charge in [-0.15, -0.1) is 0 Å². The quantitative estimate of drug-likeness (QED) is 0.605. The van der Waals surface area contributed by atoms with Crippen molar-refractivity contribution in [3.63, 3.8) is 0 Å². The van der Waals surface area contributed by atoms with Gasteiger partial charge in [0, 0.05) is 42.0 Å². The third-order valence-electron chi connectivity index (χ3n) is 5.31. The zero-order chi connectivity index (χ0) is 23.3. The van der Waals surface area contributed by atoms with Crippen LogP contribution in [0.15, 0.2) is 47.5 Å². The number of amides is 3. The summed E-state index contributed by atoms with van der Waals surface area (Å²) in [6.45, 7) is 2.08. The Morgan fingerprint density at radius 2 is 2.03 bits per heavy atom. The molecule has 1 fully saturated rings. The molecule has 0 aliphatic carbocycles. The molecule has 0 unspecified atom stereocenters. The van der Waals surface area contributed by atoms with Crippen LogP contribution >= 0.6 is 11.6 Å². The van der Waals surface area contributed by atoms with Crippen molar-refractivity contribution in [2.24, 2.45) is 10.7 Å². The topological polar surface area (TPSA) is 111 Å². The van der Waals surface area contributed by atoms with Crippen LogP contribution in [0.2, 0.25) is 5.02 Å². The van der Waals surface area contributed by atoms with E-state index in [0.717, 1.165) is 30.2 Å². The van der Waals surface area contributed by atoms with Gasteiger partial charge in [-0.05, 0) is 36.8 Å². The van der Waals surface area contributed by atoms with Gasteiger partial charge in [-0.25, -0.2) is 9.18 Å². The van der Waals surface area contributed by atoms with Gasteiger partial charge < -0.3 is 20.6 Å². The van der Waals surface area contributed by atoms with Gasteiger partial charge in [0.15, 0.2) is 0 Å². The highest BCUT2D eigenvalue weighted by molar-refractivity contribution is 6.30. The van der Waals surface area contributed by atoms with Crippen molar-refractivity contribution >= 4 is 35.6 Å². The summed E-state index contributed by atoms with van der Waals surface area (Å²) in [5.74, 6) is 0.569. The predicted octanol–water partition coefficient (Wildman–Crippen LogP) is 2.29. The Hall–Kier alpha value is -3.17. The predicted molar refractivity (Wildman–Crippen MR) is 121 cm³/mol. The maximum atomic E-state index is 15.0. The zero-order valence-corrected chi connectivity index (χ0v) is 18.3. The Morgan fingerprint density at radius 3 is 2.56 bits per heavy atom. The molecule has 2 heterocycles. The van der Waals surface area contributed by atoms with Gasteiger partial charge in [-0.2, -0.15) is 0 Å². The molecule has 3 amide bonds. The van der Waals surface area contributed by atoms with E-state index in [4.69, 9.17) is 11.6 Å². The highest BCUT2D eigenvalue weighted by Crippen LogP contribution is 2.38. The average Bonchev–Trinajstić information content (AvgIpc) is 3.34. The van der Waals surface area contributed by atoms with Crippen LogP contribution in [-0.4, -0.2) is 61.1 Å². The molecule has 170 valence electrons. The number of amidine groups is 1. The number of aliphatic hydroxyl groups excluding tert-OH is 1. The molecule has 4 N–H and O–H groups in total. The van der Waals surface area contributed by atoms with E-state index >= 15 is 0 Å². The molecule has 2 aromatic rings. The number of β-amino-alcohol motifs (C(OH)–C–C–N with tert-alkyl or cyclic N) is 1. The fourth-order valence-corrected chi connectivity index (χ4v) is 3.99. The van der Waals surface area contributed by atoms with Crippen molar-refractivity contribution in [1.82, 2.24) is 10.2 Å². The van der Waals surface area contributed by atoms with Gasteiger partial charge in [0.05, 0.1) is 18.7 Å². The first-order valence-electron chi connectivity index (χ1n) is 10.1. The number of urea groups is 1. The normalized spacial score (nSPS) is 19.8. The zero-order valence-electron chi connectivity index (χ0n) is 17.5. The number of halogens is 2. The van der Waals surface area contributed by atoms with E-state index in [0.29, 0.717) is 23.6 Å². The smallest absolute Gasteiger partial charge is 0.318 e. The minimum absolute atomic E-state index is 0.205. The van der Waals surface area contributed by atoms with Crippen LogP contribution in [0.25, 0.3) is 0 Å². The average molecular weight is 462 g/mol. The number of nitrogens with zero attached hydrogens (tertiary/aromatic N) is 3. The molecular formula is C22H25ClFN5O3. The lowest BCUT2D eigenvalue weighted by Gasteiger charge is -2.27. The van der Waals surface area contributed by atoms with E-state index in [1.54, 1.807) is 11.4 Å². The number of benzene rings is 2. The summed E-state index contributed by atoms with van der Waals surface area (Å²) < 4.78 is 15.0. The number of rotatable bonds is 4. The highest BCUT2D eigenvalue weighted by atomic mass is 35.5. The number of carbonyl (C=O) groups is 2. The summed E-state index contributed by atoms with van der Waals surface area (Å²) in [4.78, 5) is 27.2. The Labute approximate surface area is 190 Å². The van der Waals surface area contributed by atoms with Crippen molar-refractivity contribution in [1.29, 1.82) is 0 Å². The van der Waals surface area contributed by atoms with Crippen LogP contribution in [0.5, 0.6) is 0 Å². The molecular weight excluding hydrogens is 437 g/mol. The van der Waals surface area contributed by atoms with Crippen molar-refractivity contribution in [2.45, 2.75) is 18.6 Å². The molecule has 0 saturated carbocycles. The van der Waals surface area contributed by atoms with Gasteiger partial charge in [0.2, 0.25) is 6.41 Å². The second-order valence-corrected chi connectivity index (χ2v) is 7.96. The third-order valence-corrected chi connectivity index (χ3v) is 5.57. The second-order valence-electron chi connectivity index (χ2n) is 7.52. The molecule has 1 saturated heterocycles. The minimum Gasteiger partial charge on any atom is -0.391 e. The molecule has 32 heavy (non-hydrogen) atoms. The van der Waals surface area contributed by atoms with Gasteiger partial charge >= 0.3 is 6.03 Å². The summed E-state index contributed by atoms with van der Waals surface area (Å²) in [5.41, 5.74) is 6.74. The first-order valence-corrected chi connectivity index (χ1v) is 10.4. The molecule has 4 rings (SSSR count). The Kier molecular flexibility index (Phi) is 7.66. The lowest BCUT2D eigenvalue weighted by molar-refractivity contribution is -0.108. The molecule has 10 heteroatoms. The van der Waals surface area contributed by atoms with Crippen molar-refractivity contribution in [3.05, 3.63) is 64.4 Å². The summed E-state index contributed by atoms with van der Waals surface area (Å²) in [7, 11) is 1.97. The van der Waals surface area contributed by atoms with E-state index in [1.807, 2.05) is 53.2 Å². The first kappa shape index (κ1) is 23.5. The molecule has 2 aliphatic heterocycles. The standard InChI is InChI=1S/C20H21ClFN3O.C2H4N2O2/c1-24-9-8-23-20(24)13-2-7-17(18(22)10-13)19-11-16(26)12-25(19)15-5-3-14(21)4-6-15;3-2(6)4-1-5/h2-7,10,16,19,26H,8-9,11-12H2,1H3;1H,(H3,3,4,5,6)/t16-,19-;/m1./s1. The Balaban J connectivity index is 0.000000427. The summed E-state index contributed by atoms with van der Waals surface area (Å²) in [6, 6.07) is 11.7. The molecule has 0 radical (unpaired) electrons. The Morgan fingerprint density at radius 1 is 1.31 bits per heavy atom. The number of hydrogen-bond acceptors (Lipinski definition) is 6. The van der Waals surface area contributed by atoms with Crippen LogP contribution in [-0.2, 0) is 4.79 Å². The summed E-state index contributed by atoms with van der Waals surface area (Å²) in [5, 5.41) is 12.5. The number of likely N-dealkylation sites (N-methyl/N-ethyl adjacent to an activating group) is 1. The second kappa shape index (κ2) is 10.4. The fourth-order valence-electron chi connectivity index (χ4n) is 3.87. The van der Waals surface area contributed by atoms with Crippen LogP contribution < -0.4 is 16.0 Å². The van der Waals surface area contributed by atoms with Gasteiger partial charge in [-0.3, -0.25) is 15.1 Å². The molecule has 0 spiro atoms. The monoisotopic (exact) mass is 461 g/mol. The summed E-state index contributed by atoms with van der Waals surface area (Å²) in [6.07, 6.45) is 0.238. The summed E-state index contributed by atoms with van der Waals surface area (Å²) >= 11 is 5.97. The lowest BCUT2D eigenvalue weighted by atomic mass is 10.0. The van der Waals surface area contributed by atoms with Crippen LogP contribution in [0.1, 0.15) is 23.6 Å². The first-order chi connectivity index (χ1) is 15.3. The van der Waals surface area contributed by atoms with E-state index < -0.39 is 12.1 Å². The van der Waals surface area contributed by atoms with Gasteiger partial charge in [-0.1, -0.05) is 23.7 Å². The van der Waals surface area contributed by atoms with Gasteiger partial charge in [0.1, 0.15) is 11.7 Å². The molecule has 2 aromatic carbocycles. The maximum Gasteiger partial charge on any atom is 0.318 e. The third kappa shape index (κ3) is 5.54. The van der Waals surface area contributed by atoms with Gasteiger partial charge in [0.25, 0.3) is 0 Å². The van der Waals surface area contributed by atoms with Crippen LogP contribution in [0.4, 0.5) is 14.9 Å². The van der Waals surface area contributed by atoms with E-state index in [1.165, 1.54) is 0 Å². The van der Waals surface area contributed by atoms with E-state index in [9.17, 15) is 19.1 Å². The molecule has 2 aliphatic rings. The number of nitrogens with one attached hydrogen (secondary N) is 1. The largest absolute Gasteiger partial charge is 0.391 e. The van der Waals surface area contributed by atoms with Crippen molar-refractivity contribution < 1.29 is 19.1 Å². The van der Waals surface area contributed by atoms with Crippen LogP contribution in [0, 0.1) is 5.82 Å². The SMILES string of the molecule is CN1CCN=C1c1ccc([C@H]2C[C@@H](O)CN2c2ccc(Cl)cc2)c(F)c1.NC(=O)NC=O. The molecule has 0 aromatic heterocycles. The van der Waals surface area contributed by atoms with Crippen molar-refractivity contribution in [2.75, 3.05) is 31.6 Å². The molecule has 2 atom stereocenters. The number of primary amides is 1. The highest BCUT2D eigenvalue weighted by Gasteiger charge is 2.34. The number of carbonyl (C=O) groups excluding carboxylic acids is 2. The number of aliphatic hydroxyl groups is 1. The van der Waals surface area contributed by atoms with E-state index in [2.05, 4.69) is 10.7 Å². The molecule has 0 bridgehead atoms.